The maximum atomic E-state index is 12.2. The molecule has 0 radical (unpaired) electrons. The number of anilines is 1. The summed E-state index contributed by atoms with van der Waals surface area (Å²) in [6, 6.07) is 10.8. The third-order valence-electron chi connectivity index (χ3n) is 3.55. The number of nitrogens with one attached hydrogen (secondary N) is 1. The predicted molar refractivity (Wildman–Crippen MR) is 116 cm³/mol. The molecule has 0 unspecified atom stereocenters. The van der Waals surface area contributed by atoms with E-state index in [0.29, 0.717) is 26.6 Å². The van der Waals surface area contributed by atoms with Gasteiger partial charge in [0.1, 0.15) is 5.75 Å². The number of ether oxygens (including phenoxy) is 1. The summed E-state index contributed by atoms with van der Waals surface area (Å²) in [5, 5.41) is 6.11. The number of benzene rings is 2. The minimum atomic E-state index is -0.292. The Balaban J connectivity index is 1.72. The predicted octanol–water partition coefficient (Wildman–Crippen LogP) is 6.54. The summed E-state index contributed by atoms with van der Waals surface area (Å²) in [7, 11) is 1.58. The molecule has 0 saturated heterocycles. The molecule has 0 aliphatic rings. The van der Waals surface area contributed by atoms with Gasteiger partial charge in [-0.3, -0.25) is 10.1 Å². The fourth-order valence-electron chi connectivity index (χ4n) is 2.30. The molecule has 0 spiro atoms. The number of carbonyl (C=O) groups excluding carboxylic acids is 1. The van der Waals surface area contributed by atoms with Gasteiger partial charge in [0, 0.05) is 32.1 Å². The molecule has 3 aromatic rings. The summed E-state index contributed by atoms with van der Waals surface area (Å²) in [4.78, 5) is 16.6. The van der Waals surface area contributed by atoms with Gasteiger partial charge in [0.05, 0.1) is 17.8 Å². The first-order valence-electron chi connectivity index (χ1n) is 7.70. The van der Waals surface area contributed by atoms with E-state index in [1.807, 2.05) is 23.6 Å². The quantitative estimate of drug-likeness (QED) is 0.419. The molecule has 2 aromatic carbocycles. The SMILES string of the molecule is COc1ccc(Br)cc1/C=C/C(=O)Nc1nc(-c2ccc(Cl)cc2Cl)cs1. The van der Waals surface area contributed by atoms with Crippen LogP contribution < -0.4 is 10.1 Å². The second-order valence-electron chi connectivity index (χ2n) is 5.37. The molecule has 0 fully saturated rings. The highest BCUT2D eigenvalue weighted by atomic mass is 79.9. The van der Waals surface area contributed by atoms with Gasteiger partial charge >= 0.3 is 0 Å². The molecule has 1 amide bonds. The molecule has 0 bridgehead atoms. The standard InChI is InChI=1S/C19H13BrCl2N2O2S/c1-26-17-6-3-12(20)8-11(17)2-7-18(25)24-19-23-16(10-27-19)14-5-4-13(21)9-15(14)22/h2-10H,1H3,(H,23,24,25)/b7-2+. The van der Waals surface area contributed by atoms with Crippen molar-refractivity contribution in [2.24, 2.45) is 0 Å². The van der Waals surface area contributed by atoms with Crippen molar-refractivity contribution in [1.29, 1.82) is 0 Å². The average Bonchev–Trinajstić information content (AvgIpc) is 3.08. The van der Waals surface area contributed by atoms with Crippen LogP contribution in [0.3, 0.4) is 0 Å². The van der Waals surface area contributed by atoms with Gasteiger partial charge < -0.3 is 4.74 Å². The molecule has 27 heavy (non-hydrogen) atoms. The lowest BCUT2D eigenvalue weighted by Gasteiger charge is -2.04. The van der Waals surface area contributed by atoms with E-state index in [2.05, 4.69) is 26.2 Å². The molecule has 3 rings (SSSR count). The van der Waals surface area contributed by atoms with Gasteiger partial charge in [-0.25, -0.2) is 4.98 Å². The summed E-state index contributed by atoms with van der Waals surface area (Å²) in [5.74, 6) is 0.385. The molecule has 1 aromatic heterocycles. The second-order valence-corrected chi connectivity index (χ2v) is 7.99. The van der Waals surface area contributed by atoms with Gasteiger partial charge in [0.2, 0.25) is 5.91 Å². The number of hydrogen-bond donors (Lipinski definition) is 1. The van der Waals surface area contributed by atoms with Crippen LogP contribution in [0.5, 0.6) is 5.75 Å². The highest BCUT2D eigenvalue weighted by molar-refractivity contribution is 9.10. The van der Waals surface area contributed by atoms with E-state index < -0.39 is 0 Å². The van der Waals surface area contributed by atoms with Crippen molar-refractivity contribution in [3.05, 3.63) is 67.9 Å². The van der Waals surface area contributed by atoms with Crippen LogP contribution in [0.1, 0.15) is 5.56 Å². The minimum Gasteiger partial charge on any atom is -0.496 e. The van der Waals surface area contributed by atoms with Crippen molar-refractivity contribution >= 4 is 67.6 Å². The number of aromatic nitrogens is 1. The van der Waals surface area contributed by atoms with Crippen LogP contribution in [0, 0.1) is 0 Å². The third-order valence-corrected chi connectivity index (χ3v) is 5.35. The van der Waals surface area contributed by atoms with Crippen molar-refractivity contribution in [2.45, 2.75) is 0 Å². The topological polar surface area (TPSA) is 51.2 Å². The molecule has 138 valence electrons. The number of halogens is 3. The van der Waals surface area contributed by atoms with Crippen molar-refractivity contribution in [3.8, 4) is 17.0 Å². The molecule has 0 atom stereocenters. The molecule has 4 nitrogen and oxygen atoms in total. The Hall–Kier alpha value is -1.86. The molecular formula is C19H13BrCl2N2O2S. The highest BCUT2D eigenvalue weighted by Crippen LogP contribution is 2.32. The van der Waals surface area contributed by atoms with Gasteiger partial charge in [-0.1, -0.05) is 39.1 Å². The number of thiazole rings is 1. The Kier molecular flexibility index (Phi) is 6.55. The second kappa shape index (κ2) is 8.89. The van der Waals surface area contributed by atoms with Crippen LogP contribution in [0.25, 0.3) is 17.3 Å². The van der Waals surface area contributed by atoms with Gasteiger partial charge in [-0.15, -0.1) is 11.3 Å². The van der Waals surface area contributed by atoms with Gasteiger partial charge in [0.25, 0.3) is 0 Å². The number of nitrogens with zero attached hydrogens (tertiary/aromatic N) is 1. The van der Waals surface area contributed by atoms with Crippen molar-refractivity contribution in [3.63, 3.8) is 0 Å². The summed E-state index contributed by atoms with van der Waals surface area (Å²) in [5.41, 5.74) is 2.22. The van der Waals surface area contributed by atoms with E-state index in [4.69, 9.17) is 27.9 Å². The number of methoxy groups -OCH3 is 1. The van der Waals surface area contributed by atoms with Crippen molar-refractivity contribution < 1.29 is 9.53 Å². The molecule has 0 aliphatic heterocycles. The van der Waals surface area contributed by atoms with Crippen LogP contribution in [0.15, 0.2) is 52.3 Å². The van der Waals surface area contributed by atoms with Gasteiger partial charge in [-0.05, 0) is 42.5 Å². The van der Waals surface area contributed by atoms with E-state index in [0.717, 1.165) is 15.6 Å². The normalized spacial score (nSPS) is 11.0. The van der Waals surface area contributed by atoms with E-state index in [1.165, 1.54) is 17.4 Å². The molecule has 8 heteroatoms. The average molecular weight is 484 g/mol. The Morgan fingerprint density at radius 3 is 2.81 bits per heavy atom. The molecule has 1 heterocycles. The maximum absolute atomic E-state index is 12.2. The smallest absolute Gasteiger partial charge is 0.250 e. The summed E-state index contributed by atoms with van der Waals surface area (Å²) < 4.78 is 6.18. The van der Waals surface area contributed by atoms with Crippen molar-refractivity contribution in [1.82, 2.24) is 4.98 Å². The largest absolute Gasteiger partial charge is 0.496 e. The fraction of sp³-hybridized carbons (Fsp3) is 0.0526. The fourth-order valence-corrected chi connectivity index (χ4v) is 3.90. The van der Waals surface area contributed by atoms with E-state index in [9.17, 15) is 4.79 Å². The zero-order valence-corrected chi connectivity index (χ0v) is 17.9. The third kappa shape index (κ3) is 5.11. The summed E-state index contributed by atoms with van der Waals surface area (Å²) in [6.07, 6.45) is 3.12. The van der Waals surface area contributed by atoms with E-state index in [1.54, 1.807) is 31.4 Å². The lowest BCUT2D eigenvalue weighted by Crippen LogP contribution is -2.07. The number of carbonyl (C=O) groups is 1. The Morgan fingerprint density at radius 1 is 1.26 bits per heavy atom. The Bertz CT molecular complexity index is 1020. The van der Waals surface area contributed by atoms with Crippen LogP contribution in [-0.4, -0.2) is 18.0 Å². The number of amides is 1. The maximum Gasteiger partial charge on any atom is 0.250 e. The van der Waals surface area contributed by atoms with Crippen LogP contribution >= 0.6 is 50.5 Å². The first kappa shape index (κ1) is 19.9. The first-order valence-corrected chi connectivity index (χ1v) is 10.1. The van der Waals surface area contributed by atoms with Crippen LogP contribution in [-0.2, 0) is 4.79 Å². The first-order chi connectivity index (χ1) is 13.0. The molecular weight excluding hydrogens is 471 g/mol. The number of hydrogen-bond acceptors (Lipinski definition) is 4. The summed E-state index contributed by atoms with van der Waals surface area (Å²) >= 11 is 16.8. The summed E-state index contributed by atoms with van der Waals surface area (Å²) in [6.45, 7) is 0. The van der Waals surface area contributed by atoms with Gasteiger partial charge in [0.15, 0.2) is 5.13 Å². The molecule has 1 N–H and O–H groups in total. The molecule has 0 aliphatic carbocycles. The monoisotopic (exact) mass is 482 g/mol. The lowest BCUT2D eigenvalue weighted by atomic mass is 10.2. The zero-order valence-electron chi connectivity index (χ0n) is 14.0. The van der Waals surface area contributed by atoms with E-state index >= 15 is 0 Å². The zero-order chi connectivity index (χ0) is 19.4. The minimum absolute atomic E-state index is 0.292. The van der Waals surface area contributed by atoms with Gasteiger partial charge in [-0.2, -0.15) is 0 Å². The van der Waals surface area contributed by atoms with Crippen molar-refractivity contribution in [2.75, 3.05) is 12.4 Å². The Labute approximate surface area is 178 Å². The van der Waals surface area contributed by atoms with E-state index in [-0.39, 0.29) is 5.91 Å². The van der Waals surface area contributed by atoms with Crippen LogP contribution in [0.4, 0.5) is 5.13 Å². The highest BCUT2D eigenvalue weighted by Gasteiger charge is 2.10. The lowest BCUT2D eigenvalue weighted by molar-refractivity contribution is -0.111. The number of rotatable bonds is 5. The molecule has 0 saturated carbocycles. The Morgan fingerprint density at radius 2 is 2.07 bits per heavy atom. The van der Waals surface area contributed by atoms with Crippen LogP contribution in [0.2, 0.25) is 10.0 Å².